The summed E-state index contributed by atoms with van der Waals surface area (Å²) in [6.45, 7) is 5.60. The fourth-order valence-corrected chi connectivity index (χ4v) is 3.35. The van der Waals surface area contributed by atoms with Crippen LogP contribution in [0.2, 0.25) is 0 Å². The van der Waals surface area contributed by atoms with Crippen LogP contribution in [0.15, 0.2) is 91.0 Å². The first-order valence-corrected chi connectivity index (χ1v) is 9.96. The number of imidazole rings is 1. The molecule has 0 spiro atoms. The Morgan fingerprint density at radius 2 is 1.20 bits per heavy atom. The molecule has 0 N–H and O–H groups in total. The van der Waals surface area contributed by atoms with E-state index in [0.29, 0.717) is 5.82 Å². The molecule has 4 rings (SSSR count). The maximum atomic E-state index is 13.4. The fourth-order valence-electron chi connectivity index (χ4n) is 3.35. The third kappa shape index (κ3) is 4.03. The summed E-state index contributed by atoms with van der Waals surface area (Å²) in [7, 11) is 0. The molecule has 4 nitrogen and oxygen atoms in total. The number of nitrogens with zero attached hydrogens (tertiary/aromatic N) is 2. The van der Waals surface area contributed by atoms with Gasteiger partial charge in [0, 0.05) is 16.7 Å². The Hall–Kier alpha value is -3.66. The summed E-state index contributed by atoms with van der Waals surface area (Å²) in [6.07, 6.45) is -0.449. The summed E-state index contributed by atoms with van der Waals surface area (Å²) in [5.41, 5.74) is 3.52. The normalized spacial score (nSPS) is 11.3. The van der Waals surface area contributed by atoms with Crippen LogP contribution in [-0.4, -0.2) is 21.2 Å². The number of ether oxygens (including phenoxy) is 1. The predicted molar refractivity (Wildman–Crippen MR) is 120 cm³/mol. The molecule has 0 bridgehead atoms. The van der Waals surface area contributed by atoms with Gasteiger partial charge in [-0.2, -0.15) is 0 Å². The number of rotatable bonds is 3. The Kier molecular flexibility index (Phi) is 5.23. The Morgan fingerprint density at radius 3 is 1.70 bits per heavy atom. The van der Waals surface area contributed by atoms with Gasteiger partial charge in [-0.1, -0.05) is 91.0 Å². The molecule has 4 aromatic rings. The SMILES string of the molecule is CC(C)(C)OC(=O)n1c(-c2ccccc2)nc(-c2ccccc2)c1-c1ccccc1. The molecule has 30 heavy (non-hydrogen) atoms. The van der Waals surface area contributed by atoms with Gasteiger partial charge in [0.2, 0.25) is 0 Å². The lowest BCUT2D eigenvalue weighted by atomic mass is 10.0. The Labute approximate surface area is 176 Å². The highest BCUT2D eigenvalue weighted by molar-refractivity contribution is 5.91. The molecule has 4 heteroatoms. The van der Waals surface area contributed by atoms with Gasteiger partial charge in [-0.15, -0.1) is 0 Å². The van der Waals surface area contributed by atoms with E-state index in [1.54, 1.807) is 4.57 Å². The molecule has 0 fully saturated rings. The van der Waals surface area contributed by atoms with Crippen molar-refractivity contribution < 1.29 is 9.53 Å². The second-order valence-electron chi connectivity index (χ2n) is 8.05. The minimum atomic E-state index is -0.629. The molecular weight excluding hydrogens is 372 g/mol. The highest BCUT2D eigenvalue weighted by Crippen LogP contribution is 2.36. The quantitative estimate of drug-likeness (QED) is 0.388. The standard InChI is InChI=1S/C26H24N2O2/c1-26(2,3)30-25(29)28-23(20-15-9-5-10-16-20)22(19-13-7-4-8-14-19)27-24(28)21-17-11-6-12-18-21/h4-18H,1-3H3. The number of aromatic nitrogens is 2. The molecule has 0 amide bonds. The fraction of sp³-hybridized carbons (Fsp3) is 0.154. The largest absolute Gasteiger partial charge is 0.443 e. The van der Waals surface area contributed by atoms with Gasteiger partial charge in [-0.25, -0.2) is 14.3 Å². The zero-order valence-electron chi connectivity index (χ0n) is 17.4. The zero-order valence-corrected chi connectivity index (χ0v) is 17.4. The van der Waals surface area contributed by atoms with E-state index >= 15 is 0 Å². The molecule has 150 valence electrons. The Balaban J connectivity index is 2.04. The zero-order chi connectivity index (χ0) is 21.1. The maximum absolute atomic E-state index is 13.4. The second-order valence-corrected chi connectivity index (χ2v) is 8.05. The van der Waals surface area contributed by atoms with E-state index in [1.807, 2.05) is 112 Å². The molecular formula is C26H24N2O2. The van der Waals surface area contributed by atoms with Crippen LogP contribution >= 0.6 is 0 Å². The number of benzene rings is 3. The monoisotopic (exact) mass is 396 g/mol. The molecule has 1 aromatic heterocycles. The smallest absolute Gasteiger partial charge is 0.420 e. The average Bonchev–Trinajstić information content (AvgIpc) is 3.15. The van der Waals surface area contributed by atoms with Gasteiger partial charge >= 0.3 is 6.09 Å². The van der Waals surface area contributed by atoms with E-state index in [2.05, 4.69) is 0 Å². The molecule has 0 saturated carbocycles. The van der Waals surface area contributed by atoms with Crippen molar-refractivity contribution in [2.24, 2.45) is 0 Å². The molecule has 0 unspecified atom stereocenters. The van der Waals surface area contributed by atoms with Crippen LogP contribution in [-0.2, 0) is 4.74 Å². The van der Waals surface area contributed by atoms with Crippen molar-refractivity contribution in [1.29, 1.82) is 0 Å². The van der Waals surface area contributed by atoms with E-state index in [9.17, 15) is 4.79 Å². The van der Waals surface area contributed by atoms with Crippen molar-refractivity contribution >= 4 is 6.09 Å². The number of hydrogen-bond donors (Lipinski definition) is 0. The minimum absolute atomic E-state index is 0.449. The van der Waals surface area contributed by atoms with E-state index in [4.69, 9.17) is 9.72 Å². The van der Waals surface area contributed by atoms with Gasteiger partial charge in [-0.3, -0.25) is 0 Å². The van der Waals surface area contributed by atoms with Gasteiger partial charge in [0.05, 0.1) is 11.4 Å². The lowest BCUT2D eigenvalue weighted by Crippen LogP contribution is -2.28. The summed E-state index contributed by atoms with van der Waals surface area (Å²) >= 11 is 0. The van der Waals surface area contributed by atoms with E-state index in [0.717, 1.165) is 28.1 Å². The average molecular weight is 396 g/mol. The van der Waals surface area contributed by atoms with Crippen LogP contribution in [0.5, 0.6) is 0 Å². The molecule has 0 radical (unpaired) electrons. The van der Waals surface area contributed by atoms with Crippen molar-refractivity contribution in [3.05, 3.63) is 91.0 Å². The van der Waals surface area contributed by atoms with E-state index < -0.39 is 11.7 Å². The Morgan fingerprint density at radius 1 is 0.733 bits per heavy atom. The molecule has 0 aliphatic heterocycles. The predicted octanol–water partition coefficient (Wildman–Crippen LogP) is 6.67. The number of hydrogen-bond acceptors (Lipinski definition) is 3. The van der Waals surface area contributed by atoms with Crippen LogP contribution < -0.4 is 0 Å². The third-order valence-electron chi connectivity index (χ3n) is 4.58. The van der Waals surface area contributed by atoms with Gasteiger partial charge in [0.15, 0.2) is 5.82 Å². The van der Waals surface area contributed by atoms with Crippen LogP contribution in [0, 0.1) is 0 Å². The van der Waals surface area contributed by atoms with Crippen LogP contribution in [0.1, 0.15) is 20.8 Å². The minimum Gasteiger partial charge on any atom is -0.443 e. The van der Waals surface area contributed by atoms with Crippen molar-refractivity contribution in [2.45, 2.75) is 26.4 Å². The van der Waals surface area contributed by atoms with Gasteiger partial charge < -0.3 is 4.74 Å². The maximum Gasteiger partial charge on any atom is 0.420 e. The number of carbonyl (C=O) groups excluding carboxylic acids is 1. The summed E-state index contributed by atoms with van der Waals surface area (Å²) < 4.78 is 7.38. The van der Waals surface area contributed by atoms with E-state index in [-0.39, 0.29) is 0 Å². The second kappa shape index (κ2) is 7.99. The van der Waals surface area contributed by atoms with Gasteiger partial charge in [-0.05, 0) is 20.8 Å². The first-order valence-electron chi connectivity index (χ1n) is 9.96. The first-order chi connectivity index (χ1) is 14.4. The topological polar surface area (TPSA) is 44.1 Å². The highest BCUT2D eigenvalue weighted by atomic mass is 16.6. The summed E-state index contributed by atoms with van der Waals surface area (Å²) in [5, 5.41) is 0. The van der Waals surface area contributed by atoms with Crippen LogP contribution in [0.25, 0.3) is 33.9 Å². The lowest BCUT2D eigenvalue weighted by Gasteiger charge is -2.21. The molecule has 0 aliphatic carbocycles. The number of carbonyl (C=O) groups is 1. The molecule has 0 aliphatic rings. The van der Waals surface area contributed by atoms with E-state index in [1.165, 1.54) is 0 Å². The lowest BCUT2D eigenvalue weighted by molar-refractivity contribution is 0.0542. The highest BCUT2D eigenvalue weighted by Gasteiger charge is 2.28. The van der Waals surface area contributed by atoms with Gasteiger partial charge in [0.1, 0.15) is 5.60 Å². The molecule has 0 atom stereocenters. The van der Waals surface area contributed by atoms with Crippen LogP contribution in [0.3, 0.4) is 0 Å². The summed E-state index contributed by atoms with van der Waals surface area (Å²) in [5.74, 6) is 0.558. The third-order valence-corrected chi connectivity index (χ3v) is 4.58. The van der Waals surface area contributed by atoms with Gasteiger partial charge in [0.25, 0.3) is 0 Å². The summed E-state index contributed by atoms with van der Waals surface area (Å²) in [6, 6.07) is 29.5. The molecule has 1 heterocycles. The van der Waals surface area contributed by atoms with Crippen molar-refractivity contribution in [3.63, 3.8) is 0 Å². The molecule has 3 aromatic carbocycles. The van der Waals surface area contributed by atoms with Crippen molar-refractivity contribution in [3.8, 4) is 33.9 Å². The molecule has 0 saturated heterocycles. The van der Waals surface area contributed by atoms with Crippen molar-refractivity contribution in [1.82, 2.24) is 9.55 Å². The summed E-state index contributed by atoms with van der Waals surface area (Å²) in [4.78, 5) is 18.3. The van der Waals surface area contributed by atoms with Crippen LogP contribution in [0.4, 0.5) is 4.79 Å². The first kappa shape index (κ1) is 19.6. The van der Waals surface area contributed by atoms with Crippen molar-refractivity contribution in [2.75, 3.05) is 0 Å². The Bertz CT molecular complexity index is 1140.